The Balaban J connectivity index is 1.91. The van der Waals surface area contributed by atoms with Gasteiger partial charge in [0.2, 0.25) is 0 Å². The van der Waals surface area contributed by atoms with Gasteiger partial charge in [-0.05, 0) is 24.3 Å². The first-order chi connectivity index (χ1) is 9.27. The molecule has 0 saturated carbocycles. The lowest BCUT2D eigenvalue weighted by Gasteiger charge is -2.04. The number of fused-ring (bicyclic) bond motifs is 1. The zero-order chi connectivity index (χ0) is 13.2. The maximum absolute atomic E-state index is 12.0. The minimum Gasteiger partial charge on any atom is -0.267 e. The average Bonchev–Trinajstić information content (AvgIpc) is 2.71. The number of hydrogen-bond donors (Lipinski definition) is 0. The Kier molecular flexibility index (Phi) is 2.64. The zero-order valence-electron chi connectivity index (χ0n) is 9.85. The molecule has 1 aromatic carbocycles. The Morgan fingerprint density at radius 2 is 1.58 bits per heavy atom. The molecule has 1 aliphatic rings. The third-order valence-electron chi connectivity index (χ3n) is 2.77. The Morgan fingerprint density at radius 1 is 0.947 bits per heavy atom. The number of carbonyl (C=O) groups is 2. The molecule has 0 fully saturated rings. The average molecular weight is 251 g/mol. The second-order valence-corrected chi connectivity index (χ2v) is 3.97. The number of carbonyl (C=O) groups excluding carboxylic acids is 2. The van der Waals surface area contributed by atoms with Crippen LogP contribution in [0.5, 0.6) is 0 Å². The Hall–Kier alpha value is -2.82. The van der Waals surface area contributed by atoms with Gasteiger partial charge in [0.05, 0.1) is 23.0 Å². The van der Waals surface area contributed by atoms with Gasteiger partial charge in [-0.15, -0.1) is 0 Å². The summed E-state index contributed by atoms with van der Waals surface area (Å²) in [5.41, 5.74) is 1.34. The first kappa shape index (κ1) is 11.3. The fraction of sp³-hybridized carbons (Fsp3) is 0. The standard InChI is InChI=1S/C14H9N3O2/c18-13-11-6-1-2-7-12(11)14(19)17(13)16-9-10-5-3-4-8-15-10/h1-9H. The molecule has 0 unspecified atom stereocenters. The molecule has 0 N–H and O–H groups in total. The Morgan fingerprint density at radius 3 is 2.16 bits per heavy atom. The summed E-state index contributed by atoms with van der Waals surface area (Å²) in [5.74, 6) is -0.819. The highest BCUT2D eigenvalue weighted by atomic mass is 16.2. The van der Waals surface area contributed by atoms with E-state index in [0.717, 1.165) is 5.01 Å². The number of nitrogens with zero attached hydrogens (tertiary/aromatic N) is 3. The quantitative estimate of drug-likeness (QED) is 0.603. The van der Waals surface area contributed by atoms with Crippen LogP contribution in [-0.4, -0.2) is 28.0 Å². The molecule has 1 aliphatic heterocycles. The van der Waals surface area contributed by atoms with Crippen molar-refractivity contribution in [3.05, 3.63) is 65.5 Å². The fourth-order valence-corrected chi connectivity index (χ4v) is 1.85. The molecule has 2 amide bonds. The van der Waals surface area contributed by atoms with E-state index in [2.05, 4.69) is 10.1 Å². The van der Waals surface area contributed by atoms with Crippen molar-refractivity contribution in [2.75, 3.05) is 0 Å². The van der Waals surface area contributed by atoms with Crippen LogP contribution in [0.15, 0.2) is 53.8 Å². The number of amides is 2. The van der Waals surface area contributed by atoms with Crippen LogP contribution >= 0.6 is 0 Å². The number of benzene rings is 1. The van der Waals surface area contributed by atoms with E-state index >= 15 is 0 Å². The SMILES string of the molecule is O=C1c2ccccc2C(=O)N1N=Cc1ccccn1. The minimum absolute atomic E-state index is 0.380. The van der Waals surface area contributed by atoms with Gasteiger partial charge in [0, 0.05) is 6.20 Å². The molecule has 0 radical (unpaired) electrons. The number of pyridine rings is 1. The second-order valence-electron chi connectivity index (χ2n) is 3.97. The van der Waals surface area contributed by atoms with Gasteiger partial charge in [-0.2, -0.15) is 10.1 Å². The van der Waals surface area contributed by atoms with E-state index in [1.165, 1.54) is 6.21 Å². The van der Waals surface area contributed by atoms with Crippen molar-refractivity contribution >= 4 is 18.0 Å². The molecule has 5 nitrogen and oxygen atoms in total. The van der Waals surface area contributed by atoms with Crippen LogP contribution in [0, 0.1) is 0 Å². The highest BCUT2D eigenvalue weighted by molar-refractivity contribution is 6.21. The van der Waals surface area contributed by atoms with Gasteiger partial charge in [0.25, 0.3) is 11.8 Å². The van der Waals surface area contributed by atoms with E-state index in [0.29, 0.717) is 16.8 Å². The number of imide groups is 1. The molecule has 3 rings (SSSR count). The highest BCUT2D eigenvalue weighted by Crippen LogP contribution is 2.22. The lowest BCUT2D eigenvalue weighted by atomic mass is 10.1. The molecule has 2 heterocycles. The predicted molar refractivity (Wildman–Crippen MR) is 68.8 cm³/mol. The van der Waals surface area contributed by atoms with Crippen molar-refractivity contribution in [2.45, 2.75) is 0 Å². The smallest absolute Gasteiger partial charge is 0.267 e. The second kappa shape index (κ2) is 4.45. The van der Waals surface area contributed by atoms with Crippen molar-refractivity contribution in [3.63, 3.8) is 0 Å². The number of rotatable bonds is 2. The minimum atomic E-state index is -0.409. The van der Waals surface area contributed by atoms with E-state index in [9.17, 15) is 9.59 Å². The van der Waals surface area contributed by atoms with Gasteiger partial charge in [-0.1, -0.05) is 18.2 Å². The van der Waals surface area contributed by atoms with E-state index in [1.54, 1.807) is 48.7 Å². The molecular formula is C14H9N3O2. The molecule has 0 spiro atoms. The zero-order valence-corrected chi connectivity index (χ0v) is 9.85. The molecule has 0 aliphatic carbocycles. The van der Waals surface area contributed by atoms with Crippen molar-refractivity contribution in [3.8, 4) is 0 Å². The summed E-state index contributed by atoms with van der Waals surface area (Å²) in [5, 5.41) is 4.78. The van der Waals surface area contributed by atoms with Gasteiger partial charge in [0.1, 0.15) is 0 Å². The molecule has 5 heteroatoms. The van der Waals surface area contributed by atoms with Crippen molar-refractivity contribution in [2.24, 2.45) is 5.10 Å². The summed E-state index contributed by atoms with van der Waals surface area (Å²) < 4.78 is 0. The van der Waals surface area contributed by atoms with Gasteiger partial charge < -0.3 is 0 Å². The van der Waals surface area contributed by atoms with Crippen LogP contribution in [0.3, 0.4) is 0 Å². The first-order valence-corrected chi connectivity index (χ1v) is 5.70. The number of hydrogen-bond acceptors (Lipinski definition) is 4. The van der Waals surface area contributed by atoms with Crippen molar-refractivity contribution < 1.29 is 9.59 Å². The lowest BCUT2D eigenvalue weighted by molar-refractivity contribution is 0.0660. The van der Waals surface area contributed by atoms with E-state index in [4.69, 9.17) is 0 Å². The normalized spacial score (nSPS) is 14.2. The molecule has 0 bridgehead atoms. The highest BCUT2D eigenvalue weighted by Gasteiger charge is 2.35. The largest absolute Gasteiger partial charge is 0.282 e. The molecule has 19 heavy (non-hydrogen) atoms. The number of hydrazone groups is 1. The summed E-state index contributed by atoms with van der Waals surface area (Å²) in [6.07, 6.45) is 3.01. The predicted octanol–water partition coefficient (Wildman–Crippen LogP) is 1.71. The molecule has 0 saturated heterocycles. The topological polar surface area (TPSA) is 62.6 Å². The van der Waals surface area contributed by atoms with Crippen molar-refractivity contribution in [1.29, 1.82) is 0 Å². The first-order valence-electron chi connectivity index (χ1n) is 5.70. The maximum Gasteiger partial charge on any atom is 0.282 e. The van der Waals surface area contributed by atoms with Crippen LogP contribution in [0.4, 0.5) is 0 Å². The van der Waals surface area contributed by atoms with Gasteiger partial charge >= 0.3 is 0 Å². The van der Waals surface area contributed by atoms with Crippen LogP contribution in [0.1, 0.15) is 26.4 Å². The molecule has 92 valence electrons. The van der Waals surface area contributed by atoms with Crippen LogP contribution in [0.2, 0.25) is 0 Å². The van der Waals surface area contributed by atoms with Crippen LogP contribution < -0.4 is 0 Å². The summed E-state index contributed by atoms with van der Waals surface area (Å²) in [6.45, 7) is 0. The Bertz CT molecular complexity index is 645. The monoisotopic (exact) mass is 251 g/mol. The van der Waals surface area contributed by atoms with Gasteiger partial charge in [-0.25, -0.2) is 0 Å². The van der Waals surface area contributed by atoms with Gasteiger partial charge in [0.15, 0.2) is 0 Å². The maximum atomic E-state index is 12.0. The van der Waals surface area contributed by atoms with Crippen molar-refractivity contribution in [1.82, 2.24) is 9.99 Å². The summed E-state index contributed by atoms with van der Waals surface area (Å²) >= 11 is 0. The summed E-state index contributed by atoms with van der Waals surface area (Å²) in [7, 11) is 0. The van der Waals surface area contributed by atoms with Gasteiger partial charge in [-0.3, -0.25) is 14.6 Å². The molecule has 0 atom stereocenters. The number of aromatic nitrogens is 1. The van der Waals surface area contributed by atoms with Crippen LogP contribution in [0.25, 0.3) is 0 Å². The van der Waals surface area contributed by atoms with Crippen LogP contribution in [-0.2, 0) is 0 Å². The Labute approximate surface area is 109 Å². The summed E-state index contributed by atoms with van der Waals surface area (Å²) in [6, 6.07) is 12.0. The van der Waals surface area contributed by atoms with E-state index in [1.807, 2.05) is 0 Å². The summed E-state index contributed by atoms with van der Waals surface area (Å²) in [4.78, 5) is 28.0. The van der Waals surface area contributed by atoms with E-state index in [-0.39, 0.29) is 0 Å². The third kappa shape index (κ3) is 1.91. The van der Waals surface area contributed by atoms with E-state index < -0.39 is 11.8 Å². The fourth-order valence-electron chi connectivity index (χ4n) is 1.85. The molecular weight excluding hydrogens is 242 g/mol. The molecule has 2 aromatic rings. The third-order valence-corrected chi connectivity index (χ3v) is 2.77. The molecule has 1 aromatic heterocycles. The lowest BCUT2D eigenvalue weighted by Crippen LogP contribution is -2.24.